The van der Waals surface area contributed by atoms with Crippen LogP contribution in [0.1, 0.15) is 44.9 Å². The molecule has 0 heterocycles. The summed E-state index contributed by atoms with van der Waals surface area (Å²) in [4.78, 5) is 37.0. The zero-order valence-corrected chi connectivity index (χ0v) is 19.7. The summed E-state index contributed by atoms with van der Waals surface area (Å²) < 4.78 is 5.76. The van der Waals surface area contributed by atoms with Crippen LogP contribution >= 0.6 is 0 Å². The average molecular weight is 456 g/mol. The van der Waals surface area contributed by atoms with Crippen molar-refractivity contribution >= 4 is 17.7 Å². The van der Waals surface area contributed by atoms with Crippen LogP contribution in [0.3, 0.4) is 0 Å². The molecule has 0 fully saturated rings. The summed E-state index contributed by atoms with van der Waals surface area (Å²) in [6.07, 6.45) is -1.31. The quantitative estimate of drug-likeness (QED) is 0.462. The lowest BCUT2D eigenvalue weighted by atomic mass is 9.85. The summed E-state index contributed by atoms with van der Waals surface area (Å²) >= 11 is 0. The van der Waals surface area contributed by atoms with Crippen LogP contribution in [0.4, 0.5) is 0 Å². The number of aliphatic hydroxyl groups is 1. The molecule has 2 rings (SSSR count). The van der Waals surface area contributed by atoms with Crippen LogP contribution in [0.2, 0.25) is 0 Å². The number of likely N-dealkylation sites (N-methyl/N-ethyl adjacent to an activating group) is 1. The Morgan fingerprint density at radius 3 is 2.06 bits per heavy atom. The molecule has 2 aromatic carbocycles. The number of hydrogen-bond acceptors (Lipinski definition) is 5. The third-order valence-electron chi connectivity index (χ3n) is 5.09. The van der Waals surface area contributed by atoms with Gasteiger partial charge in [-0.2, -0.15) is 0 Å². The first-order chi connectivity index (χ1) is 15.5. The number of ether oxygens (including phenoxy) is 1. The highest BCUT2D eigenvalue weighted by Gasteiger charge is 2.36. The smallest absolute Gasteiger partial charge is 0.245 e. The van der Waals surface area contributed by atoms with E-state index in [4.69, 9.17) is 4.74 Å². The molecule has 4 N–H and O–H groups in total. The largest absolute Gasteiger partial charge is 0.489 e. The normalized spacial score (nSPS) is 13.9. The van der Waals surface area contributed by atoms with E-state index < -0.39 is 35.4 Å². The van der Waals surface area contributed by atoms with Crippen molar-refractivity contribution in [2.75, 3.05) is 7.05 Å². The fourth-order valence-electron chi connectivity index (χ4n) is 3.25. The molecule has 3 amide bonds. The molecule has 0 saturated carbocycles. The van der Waals surface area contributed by atoms with Crippen molar-refractivity contribution in [3.63, 3.8) is 0 Å². The highest BCUT2D eigenvalue weighted by Crippen LogP contribution is 2.23. The minimum atomic E-state index is -1.31. The molecule has 178 valence electrons. The van der Waals surface area contributed by atoms with Gasteiger partial charge in [-0.1, -0.05) is 63.2 Å². The number of rotatable bonds is 9. The highest BCUT2D eigenvalue weighted by molar-refractivity contribution is 5.92. The maximum atomic E-state index is 12.9. The van der Waals surface area contributed by atoms with Crippen LogP contribution in [0.5, 0.6) is 5.75 Å². The SMILES string of the molecule is CNC(=O)C(NC(=O)C(NC(C)=O)C(C)(C)C)C(O)c1ccc(OCc2ccccc2)cc1. The molecule has 0 aromatic heterocycles. The van der Waals surface area contributed by atoms with Crippen LogP contribution in [0.25, 0.3) is 0 Å². The molecule has 8 nitrogen and oxygen atoms in total. The molecule has 3 atom stereocenters. The van der Waals surface area contributed by atoms with Crippen molar-refractivity contribution in [2.45, 2.75) is 52.5 Å². The first kappa shape index (κ1) is 25.9. The van der Waals surface area contributed by atoms with Crippen LogP contribution in [-0.4, -0.2) is 42.0 Å². The van der Waals surface area contributed by atoms with Crippen molar-refractivity contribution in [1.29, 1.82) is 0 Å². The van der Waals surface area contributed by atoms with E-state index in [0.29, 0.717) is 17.9 Å². The van der Waals surface area contributed by atoms with E-state index in [1.54, 1.807) is 45.0 Å². The van der Waals surface area contributed by atoms with Crippen LogP contribution in [0, 0.1) is 5.41 Å². The van der Waals surface area contributed by atoms with Gasteiger partial charge in [0, 0.05) is 14.0 Å². The molecule has 0 aliphatic carbocycles. The molecular weight excluding hydrogens is 422 g/mol. The molecule has 2 aromatic rings. The van der Waals surface area contributed by atoms with Gasteiger partial charge >= 0.3 is 0 Å². The third kappa shape index (κ3) is 7.61. The minimum absolute atomic E-state index is 0.367. The van der Waals surface area contributed by atoms with Gasteiger partial charge < -0.3 is 25.8 Å². The number of nitrogens with one attached hydrogen (secondary N) is 3. The van der Waals surface area contributed by atoms with Crippen molar-refractivity contribution in [2.24, 2.45) is 5.41 Å². The van der Waals surface area contributed by atoms with E-state index in [9.17, 15) is 19.5 Å². The summed E-state index contributed by atoms with van der Waals surface area (Å²) in [6, 6.07) is 14.2. The summed E-state index contributed by atoms with van der Waals surface area (Å²) in [6.45, 7) is 7.11. The second-order valence-corrected chi connectivity index (χ2v) is 8.89. The molecule has 0 saturated heterocycles. The minimum Gasteiger partial charge on any atom is -0.489 e. The van der Waals surface area contributed by atoms with Gasteiger partial charge in [0.25, 0.3) is 0 Å². The number of aliphatic hydroxyl groups excluding tert-OH is 1. The molecule has 0 radical (unpaired) electrons. The van der Waals surface area contributed by atoms with E-state index in [-0.39, 0.29) is 5.91 Å². The molecule has 8 heteroatoms. The van der Waals surface area contributed by atoms with Crippen LogP contribution in [-0.2, 0) is 21.0 Å². The molecule has 33 heavy (non-hydrogen) atoms. The number of hydrogen-bond donors (Lipinski definition) is 4. The van der Waals surface area contributed by atoms with Gasteiger partial charge in [-0.25, -0.2) is 0 Å². The van der Waals surface area contributed by atoms with E-state index in [2.05, 4.69) is 16.0 Å². The Labute approximate surface area is 194 Å². The Bertz CT molecular complexity index is 939. The number of amides is 3. The average Bonchev–Trinajstić information content (AvgIpc) is 2.78. The third-order valence-corrected chi connectivity index (χ3v) is 5.09. The first-order valence-electron chi connectivity index (χ1n) is 10.8. The van der Waals surface area contributed by atoms with Gasteiger partial charge in [0.05, 0.1) is 0 Å². The predicted octanol–water partition coefficient (Wildman–Crippen LogP) is 2.08. The zero-order valence-electron chi connectivity index (χ0n) is 19.7. The van der Waals surface area contributed by atoms with Gasteiger partial charge in [-0.15, -0.1) is 0 Å². The zero-order chi connectivity index (χ0) is 24.6. The Kier molecular flexibility index (Phi) is 8.99. The lowest BCUT2D eigenvalue weighted by Crippen LogP contribution is -2.58. The predicted molar refractivity (Wildman–Crippen MR) is 125 cm³/mol. The number of benzene rings is 2. The van der Waals surface area contributed by atoms with E-state index in [0.717, 1.165) is 5.56 Å². The maximum Gasteiger partial charge on any atom is 0.245 e. The standard InChI is InChI=1S/C25H33N3O5/c1-16(29)27-22(25(2,3)4)24(32)28-20(23(31)26-5)21(30)18-11-13-19(14-12-18)33-15-17-9-7-6-8-10-17/h6-14,20-22,30H,15H2,1-5H3,(H,26,31)(H,27,29)(H,28,32). The Morgan fingerprint density at radius 2 is 1.55 bits per heavy atom. The molecule has 0 bridgehead atoms. The number of carbonyl (C=O) groups is 3. The van der Waals surface area contributed by atoms with Crippen molar-refractivity contribution < 1.29 is 24.2 Å². The first-order valence-corrected chi connectivity index (χ1v) is 10.8. The molecule has 0 aliphatic heterocycles. The van der Waals surface area contributed by atoms with Crippen LogP contribution < -0.4 is 20.7 Å². The Balaban J connectivity index is 2.14. The fourth-order valence-corrected chi connectivity index (χ4v) is 3.25. The Hall–Kier alpha value is -3.39. The van der Waals surface area contributed by atoms with Gasteiger partial charge in [-0.3, -0.25) is 14.4 Å². The topological polar surface area (TPSA) is 117 Å². The summed E-state index contributed by atoms with van der Waals surface area (Å²) in [5, 5.41) is 18.6. The highest BCUT2D eigenvalue weighted by atomic mass is 16.5. The molecular formula is C25H33N3O5. The fraction of sp³-hybridized carbons (Fsp3) is 0.400. The second kappa shape index (κ2) is 11.5. The van der Waals surface area contributed by atoms with Crippen molar-refractivity contribution in [3.05, 3.63) is 65.7 Å². The van der Waals surface area contributed by atoms with Gasteiger partial charge in [0.15, 0.2) is 0 Å². The van der Waals surface area contributed by atoms with Gasteiger partial charge in [0.1, 0.15) is 30.5 Å². The van der Waals surface area contributed by atoms with E-state index in [1.807, 2.05) is 30.3 Å². The monoisotopic (exact) mass is 455 g/mol. The molecule has 0 spiro atoms. The molecule has 3 unspecified atom stereocenters. The van der Waals surface area contributed by atoms with E-state index in [1.165, 1.54) is 14.0 Å². The van der Waals surface area contributed by atoms with Crippen molar-refractivity contribution in [1.82, 2.24) is 16.0 Å². The lowest BCUT2D eigenvalue weighted by Gasteiger charge is -2.32. The van der Waals surface area contributed by atoms with Crippen LogP contribution in [0.15, 0.2) is 54.6 Å². The summed E-state index contributed by atoms with van der Waals surface area (Å²) in [5.41, 5.74) is 0.852. The van der Waals surface area contributed by atoms with Gasteiger partial charge in [0.2, 0.25) is 17.7 Å². The number of carbonyl (C=O) groups excluding carboxylic acids is 3. The summed E-state index contributed by atoms with van der Waals surface area (Å²) in [5.74, 6) is -0.883. The lowest BCUT2D eigenvalue weighted by molar-refractivity contribution is -0.135. The second-order valence-electron chi connectivity index (χ2n) is 8.89. The molecule has 0 aliphatic rings. The van der Waals surface area contributed by atoms with Crippen molar-refractivity contribution in [3.8, 4) is 5.75 Å². The maximum absolute atomic E-state index is 12.9. The Morgan fingerprint density at radius 1 is 0.939 bits per heavy atom. The van der Waals surface area contributed by atoms with E-state index >= 15 is 0 Å². The van der Waals surface area contributed by atoms with Gasteiger partial charge in [-0.05, 0) is 28.7 Å². The summed E-state index contributed by atoms with van der Waals surface area (Å²) in [7, 11) is 1.42.